The lowest BCUT2D eigenvalue weighted by Gasteiger charge is -2.06. The van der Waals surface area contributed by atoms with E-state index in [0.29, 0.717) is 5.69 Å². The Bertz CT molecular complexity index is 1000. The number of aryl methyl sites for hydroxylation is 1. The van der Waals surface area contributed by atoms with E-state index in [4.69, 9.17) is 16.3 Å². The highest BCUT2D eigenvalue weighted by Crippen LogP contribution is 2.25. The molecular formula is C16H19ClN4O5S2. The maximum Gasteiger partial charge on any atom is 0.350 e. The molecule has 2 rings (SSSR count). The summed E-state index contributed by atoms with van der Waals surface area (Å²) in [5.41, 5.74) is 0.0950. The van der Waals surface area contributed by atoms with E-state index in [1.54, 1.807) is 6.92 Å². The van der Waals surface area contributed by atoms with Crippen molar-refractivity contribution in [2.24, 2.45) is 5.92 Å². The molecule has 2 aromatic rings. The van der Waals surface area contributed by atoms with Gasteiger partial charge in [0.25, 0.3) is 5.91 Å². The van der Waals surface area contributed by atoms with Crippen molar-refractivity contribution in [2.45, 2.75) is 32.9 Å². The van der Waals surface area contributed by atoms with Crippen molar-refractivity contribution in [1.82, 2.24) is 15.0 Å². The Balaban J connectivity index is 2.23. The zero-order chi connectivity index (χ0) is 21.1. The average Bonchev–Trinajstić information content (AvgIpc) is 2.99. The van der Waals surface area contributed by atoms with Gasteiger partial charge in [-0.25, -0.2) is 28.2 Å². The molecule has 28 heavy (non-hydrogen) atoms. The highest BCUT2D eigenvalue weighted by molar-refractivity contribution is 7.91. The van der Waals surface area contributed by atoms with Crippen LogP contribution in [-0.4, -0.2) is 47.6 Å². The van der Waals surface area contributed by atoms with E-state index in [-0.39, 0.29) is 39.0 Å². The average molecular weight is 447 g/mol. The fraction of sp³-hybridized carbons (Fsp3) is 0.438. The standard InChI is InChI=1S/C16H19ClN4O5S2/c1-5-28(24,25)16-18-6-10(17)11(20-16)13(22)21-15-19-9(4)12(27-15)14(23)26-7-8(2)3/h6,8H,5,7H2,1-4H3,(H,19,21,22). The van der Waals surface area contributed by atoms with E-state index in [1.165, 1.54) is 6.92 Å². The molecule has 12 heteroatoms. The molecule has 9 nitrogen and oxygen atoms in total. The molecule has 0 unspecified atom stereocenters. The monoisotopic (exact) mass is 446 g/mol. The van der Waals surface area contributed by atoms with Gasteiger partial charge in [-0.3, -0.25) is 10.1 Å². The predicted octanol–water partition coefficient (Wildman–Crippen LogP) is 2.75. The first-order chi connectivity index (χ1) is 13.0. The zero-order valence-electron chi connectivity index (χ0n) is 15.6. The first kappa shape index (κ1) is 22.2. The molecule has 2 heterocycles. The Hall–Kier alpha value is -2.11. The summed E-state index contributed by atoms with van der Waals surface area (Å²) in [7, 11) is -3.71. The molecule has 0 atom stereocenters. The quantitative estimate of drug-likeness (QED) is 0.507. The minimum Gasteiger partial charge on any atom is -0.461 e. The lowest BCUT2D eigenvalue weighted by atomic mass is 10.2. The molecule has 0 fully saturated rings. The van der Waals surface area contributed by atoms with Crippen molar-refractivity contribution in [2.75, 3.05) is 17.7 Å². The van der Waals surface area contributed by atoms with Crippen LogP contribution < -0.4 is 5.32 Å². The fourth-order valence-electron chi connectivity index (χ4n) is 1.89. The summed E-state index contributed by atoms with van der Waals surface area (Å²) >= 11 is 6.88. The second-order valence-electron chi connectivity index (χ2n) is 6.13. The molecule has 0 aliphatic heterocycles. The van der Waals surface area contributed by atoms with Crippen LogP contribution in [0.4, 0.5) is 5.13 Å². The Morgan fingerprint density at radius 1 is 1.32 bits per heavy atom. The molecule has 0 radical (unpaired) electrons. The molecule has 152 valence electrons. The minimum absolute atomic E-state index is 0.114. The summed E-state index contributed by atoms with van der Waals surface area (Å²) in [6.45, 7) is 7.14. The number of carbonyl (C=O) groups is 2. The van der Waals surface area contributed by atoms with Gasteiger partial charge in [0.05, 0.1) is 29.3 Å². The first-order valence-corrected chi connectivity index (χ1v) is 11.1. The Morgan fingerprint density at radius 2 is 2.00 bits per heavy atom. The van der Waals surface area contributed by atoms with Gasteiger partial charge >= 0.3 is 5.97 Å². The van der Waals surface area contributed by atoms with Crippen LogP contribution in [0.3, 0.4) is 0 Å². The predicted molar refractivity (Wildman–Crippen MR) is 105 cm³/mol. The number of thiazole rings is 1. The number of nitrogens with zero attached hydrogens (tertiary/aromatic N) is 3. The fourth-order valence-corrected chi connectivity index (χ4v) is 3.63. The van der Waals surface area contributed by atoms with Gasteiger partial charge in [-0.05, 0) is 12.8 Å². The van der Waals surface area contributed by atoms with Gasteiger partial charge in [-0.15, -0.1) is 0 Å². The third-order valence-corrected chi connectivity index (χ3v) is 6.19. The third kappa shape index (κ3) is 5.24. The number of rotatable bonds is 7. The second-order valence-corrected chi connectivity index (χ2v) is 9.71. The van der Waals surface area contributed by atoms with Gasteiger partial charge in [-0.1, -0.05) is 43.7 Å². The maximum atomic E-state index is 12.5. The number of amides is 1. The maximum absolute atomic E-state index is 12.5. The molecule has 0 bridgehead atoms. The number of hydrogen-bond acceptors (Lipinski definition) is 9. The van der Waals surface area contributed by atoms with E-state index in [2.05, 4.69) is 20.3 Å². The Labute approximate surface area is 171 Å². The number of aromatic nitrogens is 3. The van der Waals surface area contributed by atoms with Crippen molar-refractivity contribution < 1.29 is 22.7 Å². The topological polar surface area (TPSA) is 128 Å². The first-order valence-electron chi connectivity index (χ1n) is 8.26. The van der Waals surface area contributed by atoms with Crippen LogP contribution in [0.15, 0.2) is 11.4 Å². The van der Waals surface area contributed by atoms with Crippen molar-refractivity contribution in [1.29, 1.82) is 0 Å². The van der Waals surface area contributed by atoms with Crippen LogP contribution >= 0.6 is 22.9 Å². The third-order valence-electron chi connectivity index (χ3n) is 3.35. The smallest absolute Gasteiger partial charge is 0.350 e. The molecule has 0 aliphatic rings. The Morgan fingerprint density at radius 3 is 2.61 bits per heavy atom. The number of halogens is 1. The number of carbonyl (C=O) groups excluding carboxylic acids is 2. The summed E-state index contributed by atoms with van der Waals surface area (Å²) in [5.74, 6) is -1.33. The van der Waals surface area contributed by atoms with Crippen molar-refractivity contribution in [3.63, 3.8) is 0 Å². The molecule has 0 saturated carbocycles. The number of anilines is 1. The van der Waals surface area contributed by atoms with Crippen LogP contribution in [-0.2, 0) is 14.6 Å². The number of esters is 1. The lowest BCUT2D eigenvalue weighted by Crippen LogP contribution is -2.18. The van der Waals surface area contributed by atoms with E-state index in [0.717, 1.165) is 17.5 Å². The normalized spacial score (nSPS) is 11.5. The zero-order valence-corrected chi connectivity index (χ0v) is 18.0. The summed E-state index contributed by atoms with van der Waals surface area (Å²) in [5, 5.41) is 2.00. The van der Waals surface area contributed by atoms with Gasteiger partial charge in [0.2, 0.25) is 15.0 Å². The molecule has 0 spiro atoms. The van der Waals surface area contributed by atoms with Gasteiger partial charge < -0.3 is 4.74 Å². The molecule has 0 aliphatic carbocycles. The number of ether oxygens (including phenoxy) is 1. The highest BCUT2D eigenvalue weighted by Gasteiger charge is 2.23. The number of hydrogen-bond donors (Lipinski definition) is 1. The lowest BCUT2D eigenvalue weighted by molar-refractivity contribution is 0.0463. The van der Waals surface area contributed by atoms with Crippen LogP contribution in [0.5, 0.6) is 0 Å². The number of nitrogens with one attached hydrogen (secondary N) is 1. The van der Waals surface area contributed by atoms with Crippen molar-refractivity contribution in [3.8, 4) is 0 Å². The van der Waals surface area contributed by atoms with Gasteiger partial charge in [-0.2, -0.15) is 0 Å². The highest BCUT2D eigenvalue weighted by atomic mass is 35.5. The second kappa shape index (κ2) is 8.93. The molecule has 0 aromatic carbocycles. The number of sulfone groups is 1. The molecule has 0 saturated heterocycles. The van der Waals surface area contributed by atoms with Gasteiger partial charge in [0.1, 0.15) is 4.88 Å². The van der Waals surface area contributed by atoms with Crippen LogP contribution in [0.25, 0.3) is 0 Å². The van der Waals surface area contributed by atoms with Gasteiger partial charge in [0.15, 0.2) is 10.8 Å². The minimum atomic E-state index is -3.71. The van der Waals surface area contributed by atoms with E-state index < -0.39 is 26.9 Å². The SMILES string of the molecule is CCS(=O)(=O)c1ncc(Cl)c(C(=O)Nc2nc(C)c(C(=O)OCC(C)C)s2)n1. The largest absolute Gasteiger partial charge is 0.461 e. The van der Waals surface area contributed by atoms with Gasteiger partial charge in [0, 0.05) is 0 Å². The molecule has 2 aromatic heterocycles. The molecular weight excluding hydrogens is 428 g/mol. The van der Waals surface area contributed by atoms with Crippen molar-refractivity contribution >= 4 is 49.8 Å². The van der Waals surface area contributed by atoms with E-state index in [9.17, 15) is 18.0 Å². The summed E-state index contributed by atoms with van der Waals surface area (Å²) in [6, 6.07) is 0. The molecule has 1 amide bonds. The van der Waals surface area contributed by atoms with Crippen LogP contribution in [0.2, 0.25) is 5.02 Å². The summed E-state index contributed by atoms with van der Waals surface area (Å²) in [6.07, 6.45) is 1.05. The summed E-state index contributed by atoms with van der Waals surface area (Å²) < 4.78 is 29.0. The van der Waals surface area contributed by atoms with Crippen LogP contribution in [0.1, 0.15) is 46.6 Å². The van der Waals surface area contributed by atoms with E-state index >= 15 is 0 Å². The molecule has 1 N–H and O–H groups in total. The van der Waals surface area contributed by atoms with Crippen LogP contribution in [0, 0.1) is 12.8 Å². The van der Waals surface area contributed by atoms with E-state index in [1.807, 2.05) is 13.8 Å². The van der Waals surface area contributed by atoms with Crippen molar-refractivity contribution in [3.05, 3.63) is 27.5 Å². The Kier molecular flexibility index (Phi) is 7.07. The summed E-state index contributed by atoms with van der Waals surface area (Å²) in [4.78, 5) is 36.4.